The van der Waals surface area contributed by atoms with Gasteiger partial charge in [-0.1, -0.05) is 6.07 Å². The van der Waals surface area contributed by atoms with Gasteiger partial charge in [-0.15, -0.1) is 0 Å². The molecule has 2 atom stereocenters. The minimum absolute atomic E-state index is 0.0965. The van der Waals surface area contributed by atoms with Gasteiger partial charge < -0.3 is 19.5 Å². The number of amides is 1. The molecule has 0 aromatic heterocycles. The Hall–Kier alpha value is -2.46. The molecule has 0 spiro atoms. The summed E-state index contributed by atoms with van der Waals surface area (Å²) < 4.78 is 43.6. The van der Waals surface area contributed by atoms with Crippen LogP contribution in [0.5, 0.6) is 5.75 Å². The summed E-state index contributed by atoms with van der Waals surface area (Å²) in [6, 6.07) is 12.5. The Balaban J connectivity index is 1.59. The third-order valence-electron chi connectivity index (χ3n) is 4.75. The van der Waals surface area contributed by atoms with Crippen molar-refractivity contribution in [3.8, 4) is 5.75 Å². The summed E-state index contributed by atoms with van der Waals surface area (Å²) in [5, 5.41) is 2.77. The van der Waals surface area contributed by atoms with Crippen LogP contribution in [0.4, 0.5) is 5.69 Å². The molecule has 2 N–H and O–H groups in total. The first-order chi connectivity index (χ1) is 14.9. The molecule has 2 aromatic carbocycles. The lowest BCUT2D eigenvalue weighted by atomic mass is 10.2. The van der Waals surface area contributed by atoms with Gasteiger partial charge in [-0.2, -0.15) is 0 Å². The molecule has 9 heteroatoms. The summed E-state index contributed by atoms with van der Waals surface area (Å²) >= 11 is 0. The van der Waals surface area contributed by atoms with Crippen LogP contribution in [-0.2, 0) is 19.5 Å². The Morgan fingerprint density at radius 3 is 2.68 bits per heavy atom. The lowest BCUT2D eigenvalue weighted by molar-refractivity contribution is 0.0679. The number of carbonyl (C=O) groups is 1. The highest BCUT2D eigenvalue weighted by Crippen LogP contribution is 2.19. The highest BCUT2D eigenvalue weighted by molar-refractivity contribution is 7.89. The van der Waals surface area contributed by atoms with Crippen LogP contribution in [-0.4, -0.2) is 53.4 Å². The third-order valence-corrected chi connectivity index (χ3v) is 6.36. The number of ether oxygens (including phenoxy) is 3. The minimum Gasteiger partial charge on any atom is -0.491 e. The van der Waals surface area contributed by atoms with E-state index in [0.29, 0.717) is 23.6 Å². The van der Waals surface area contributed by atoms with E-state index in [0.717, 1.165) is 19.4 Å². The van der Waals surface area contributed by atoms with Crippen molar-refractivity contribution in [3.05, 3.63) is 54.1 Å². The summed E-state index contributed by atoms with van der Waals surface area (Å²) in [7, 11) is -2.16. The number of hydrogen-bond acceptors (Lipinski definition) is 6. The van der Waals surface area contributed by atoms with Gasteiger partial charge in [-0.05, 0) is 62.2 Å². The van der Waals surface area contributed by atoms with E-state index in [1.54, 1.807) is 43.3 Å². The summed E-state index contributed by atoms with van der Waals surface area (Å²) in [5.74, 6) is 0.283. The molecule has 1 heterocycles. The lowest BCUT2D eigenvalue weighted by Crippen LogP contribution is -2.35. The minimum atomic E-state index is -3.67. The predicted octanol–water partition coefficient (Wildman–Crippen LogP) is 2.81. The molecule has 1 saturated heterocycles. The first-order valence-electron chi connectivity index (χ1n) is 10.1. The van der Waals surface area contributed by atoms with Crippen LogP contribution in [0, 0.1) is 0 Å². The molecule has 3 rings (SSSR count). The van der Waals surface area contributed by atoms with Crippen LogP contribution in [0.25, 0.3) is 0 Å². The molecule has 0 radical (unpaired) electrons. The molecule has 0 aliphatic carbocycles. The van der Waals surface area contributed by atoms with Gasteiger partial charge in [0.15, 0.2) is 0 Å². The first-order valence-corrected chi connectivity index (χ1v) is 11.6. The van der Waals surface area contributed by atoms with Gasteiger partial charge in [0.1, 0.15) is 12.4 Å². The number of anilines is 1. The third kappa shape index (κ3) is 6.76. The van der Waals surface area contributed by atoms with Gasteiger partial charge >= 0.3 is 0 Å². The highest BCUT2D eigenvalue weighted by atomic mass is 32.2. The molecule has 0 unspecified atom stereocenters. The summed E-state index contributed by atoms with van der Waals surface area (Å²) in [5.41, 5.74) is 0.927. The van der Waals surface area contributed by atoms with Crippen LogP contribution in [0.1, 0.15) is 30.1 Å². The molecule has 1 aliphatic heterocycles. The van der Waals surface area contributed by atoms with E-state index >= 15 is 0 Å². The number of carbonyl (C=O) groups excluding carboxylic acids is 1. The van der Waals surface area contributed by atoms with Crippen molar-refractivity contribution in [1.82, 2.24) is 4.72 Å². The number of nitrogens with one attached hydrogen (secondary N) is 2. The maximum Gasteiger partial charge on any atom is 0.255 e. The van der Waals surface area contributed by atoms with Gasteiger partial charge in [0.25, 0.3) is 5.91 Å². The Bertz CT molecular complexity index is 972. The van der Waals surface area contributed by atoms with Crippen LogP contribution >= 0.6 is 0 Å². The molecule has 0 bridgehead atoms. The quantitative estimate of drug-likeness (QED) is 0.579. The molecule has 1 fully saturated rings. The van der Waals surface area contributed by atoms with E-state index in [1.165, 1.54) is 19.2 Å². The van der Waals surface area contributed by atoms with Crippen LogP contribution in [0.15, 0.2) is 53.4 Å². The fraction of sp³-hybridized carbons (Fsp3) is 0.409. The smallest absolute Gasteiger partial charge is 0.255 e. The van der Waals surface area contributed by atoms with Crippen LogP contribution in [0.2, 0.25) is 0 Å². The average Bonchev–Trinajstić information content (AvgIpc) is 3.26. The van der Waals surface area contributed by atoms with Crippen molar-refractivity contribution in [2.75, 3.05) is 32.2 Å². The number of benzene rings is 2. The lowest BCUT2D eigenvalue weighted by Gasteiger charge is -2.14. The zero-order chi connectivity index (χ0) is 22.3. The SMILES string of the molecule is COC[C@@H](C)NS(=O)(=O)c1ccc(NC(=O)c2cccc(OC[C@H]3CCCO3)c2)cc1. The molecular formula is C22H28N2O6S. The van der Waals surface area contributed by atoms with Crippen molar-refractivity contribution < 1.29 is 27.4 Å². The monoisotopic (exact) mass is 448 g/mol. The molecule has 2 aromatic rings. The normalized spacial score (nSPS) is 17.3. The summed E-state index contributed by atoms with van der Waals surface area (Å²) in [6.07, 6.45) is 2.12. The number of sulfonamides is 1. The fourth-order valence-corrected chi connectivity index (χ4v) is 4.46. The maximum absolute atomic E-state index is 12.6. The topological polar surface area (TPSA) is 103 Å². The van der Waals surface area contributed by atoms with Gasteiger partial charge in [0.05, 0.1) is 17.6 Å². The van der Waals surface area contributed by atoms with E-state index in [1.807, 2.05) is 0 Å². The number of methoxy groups -OCH3 is 1. The second-order valence-electron chi connectivity index (χ2n) is 7.43. The Labute approximate surface area is 182 Å². The van der Waals surface area contributed by atoms with Gasteiger partial charge in [0.2, 0.25) is 10.0 Å². The van der Waals surface area contributed by atoms with Gasteiger partial charge in [-0.3, -0.25) is 4.79 Å². The van der Waals surface area contributed by atoms with Crippen molar-refractivity contribution in [3.63, 3.8) is 0 Å². The molecule has 0 saturated carbocycles. The largest absolute Gasteiger partial charge is 0.491 e. The van der Waals surface area contributed by atoms with E-state index < -0.39 is 10.0 Å². The second-order valence-corrected chi connectivity index (χ2v) is 9.14. The fourth-order valence-electron chi connectivity index (χ4n) is 3.23. The molecule has 31 heavy (non-hydrogen) atoms. The van der Waals surface area contributed by atoms with E-state index in [2.05, 4.69) is 10.0 Å². The second kappa shape index (κ2) is 10.7. The number of hydrogen-bond donors (Lipinski definition) is 2. The van der Waals surface area contributed by atoms with E-state index in [9.17, 15) is 13.2 Å². The van der Waals surface area contributed by atoms with E-state index in [4.69, 9.17) is 14.2 Å². The molecule has 8 nitrogen and oxygen atoms in total. The van der Waals surface area contributed by atoms with Crippen LogP contribution < -0.4 is 14.8 Å². The van der Waals surface area contributed by atoms with Crippen molar-refractivity contribution in [2.45, 2.75) is 36.8 Å². The molecular weight excluding hydrogens is 420 g/mol. The van der Waals surface area contributed by atoms with Crippen molar-refractivity contribution in [1.29, 1.82) is 0 Å². The predicted molar refractivity (Wildman–Crippen MR) is 117 cm³/mol. The standard InChI is InChI=1S/C22H28N2O6S/c1-16(14-28-2)24-31(26,27)21-10-8-18(9-11-21)23-22(25)17-5-3-6-19(13-17)30-15-20-7-4-12-29-20/h3,5-6,8-11,13,16,20,24H,4,7,12,14-15H2,1-2H3,(H,23,25)/t16-,20-/m1/s1. The average molecular weight is 449 g/mol. The van der Waals surface area contributed by atoms with Gasteiger partial charge in [0, 0.05) is 31.0 Å². The molecule has 1 amide bonds. The van der Waals surface area contributed by atoms with Crippen molar-refractivity contribution in [2.24, 2.45) is 0 Å². The number of rotatable bonds is 10. The maximum atomic E-state index is 12.6. The van der Waals surface area contributed by atoms with Crippen LogP contribution in [0.3, 0.4) is 0 Å². The zero-order valence-electron chi connectivity index (χ0n) is 17.7. The molecule has 1 aliphatic rings. The van der Waals surface area contributed by atoms with Crippen molar-refractivity contribution >= 4 is 21.6 Å². The highest BCUT2D eigenvalue weighted by Gasteiger charge is 2.18. The van der Waals surface area contributed by atoms with E-state index in [-0.39, 0.29) is 29.6 Å². The molecule has 168 valence electrons. The zero-order valence-corrected chi connectivity index (χ0v) is 18.5. The first kappa shape index (κ1) is 23.2. The Kier molecular flexibility index (Phi) is 8.03. The summed E-state index contributed by atoms with van der Waals surface area (Å²) in [4.78, 5) is 12.7. The summed E-state index contributed by atoms with van der Waals surface area (Å²) in [6.45, 7) is 3.20. The Morgan fingerprint density at radius 2 is 2.00 bits per heavy atom. The van der Waals surface area contributed by atoms with Gasteiger partial charge in [-0.25, -0.2) is 13.1 Å². The Morgan fingerprint density at radius 1 is 1.23 bits per heavy atom.